The van der Waals surface area contributed by atoms with Crippen molar-refractivity contribution in [2.45, 2.75) is 32.4 Å². The monoisotopic (exact) mass is 439 g/mol. The molecule has 2 aliphatic heterocycles. The fourth-order valence-electron chi connectivity index (χ4n) is 4.34. The van der Waals surface area contributed by atoms with E-state index in [1.165, 1.54) is 22.3 Å². The van der Waals surface area contributed by atoms with Gasteiger partial charge in [0.1, 0.15) is 6.04 Å². The maximum atomic E-state index is 12.6. The maximum Gasteiger partial charge on any atom is 0.329 e. The Hall–Kier alpha value is -3.13. The number of esters is 1. The minimum atomic E-state index is -0.674. The number of amides is 2. The predicted molar refractivity (Wildman–Crippen MR) is 117 cm³/mol. The highest BCUT2D eigenvalue weighted by molar-refractivity contribution is 5.95. The number of hydrogen-bond acceptors (Lipinski definition) is 6. The van der Waals surface area contributed by atoms with E-state index in [0.29, 0.717) is 32.5 Å². The molecule has 0 N–H and O–H groups in total. The number of piperazine rings is 1. The second-order valence-electron chi connectivity index (χ2n) is 8.39. The van der Waals surface area contributed by atoms with Crippen LogP contribution < -0.4 is 0 Å². The highest BCUT2D eigenvalue weighted by Gasteiger charge is 2.37. The first-order valence-electron chi connectivity index (χ1n) is 11.1. The molecule has 1 aromatic heterocycles. The Bertz CT molecular complexity index is 950. The van der Waals surface area contributed by atoms with Gasteiger partial charge in [-0.1, -0.05) is 29.8 Å². The van der Waals surface area contributed by atoms with Gasteiger partial charge >= 0.3 is 5.97 Å². The van der Waals surface area contributed by atoms with E-state index < -0.39 is 12.0 Å². The largest absolute Gasteiger partial charge is 0.459 e. The predicted octanol–water partition coefficient (Wildman–Crippen LogP) is 2.08. The molecular weight excluding hydrogens is 410 g/mol. The van der Waals surface area contributed by atoms with Crippen molar-refractivity contribution in [1.82, 2.24) is 14.7 Å². The minimum Gasteiger partial charge on any atom is -0.459 e. The van der Waals surface area contributed by atoms with Crippen molar-refractivity contribution in [3.05, 3.63) is 59.5 Å². The second kappa shape index (κ2) is 9.99. The van der Waals surface area contributed by atoms with Crippen LogP contribution in [0.5, 0.6) is 0 Å². The number of aryl methyl sites for hydroxylation is 1. The third kappa shape index (κ3) is 5.19. The average Bonchev–Trinajstić information content (AvgIpc) is 3.50. The standard InChI is InChI=1S/C24H29N3O5/c1-18-5-2-6-19(15-18)16-25-10-12-26(13-11-25)22(28)17-32-24(30)20-7-3-9-27(20)23(29)21-8-4-14-31-21/h2,4-6,8,14-15,20H,3,7,9-13,16-17H2,1H3/t20-/m0/s1. The van der Waals surface area contributed by atoms with Crippen LogP contribution in [0.15, 0.2) is 47.1 Å². The maximum absolute atomic E-state index is 12.6. The molecule has 0 aliphatic carbocycles. The molecule has 1 atom stereocenters. The highest BCUT2D eigenvalue weighted by atomic mass is 16.5. The van der Waals surface area contributed by atoms with Gasteiger partial charge in [0.15, 0.2) is 12.4 Å². The normalized spacial score (nSPS) is 19.2. The molecule has 4 rings (SSSR count). The molecule has 3 heterocycles. The summed E-state index contributed by atoms with van der Waals surface area (Å²) in [4.78, 5) is 43.2. The van der Waals surface area contributed by atoms with Gasteiger partial charge in [-0.05, 0) is 37.5 Å². The lowest BCUT2D eigenvalue weighted by atomic mass is 10.1. The van der Waals surface area contributed by atoms with Crippen molar-refractivity contribution >= 4 is 17.8 Å². The van der Waals surface area contributed by atoms with Gasteiger partial charge < -0.3 is 19.0 Å². The molecule has 32 heavy (non-hydrogen) atoms. The van der Waals surface area contributed by atoms with E-state index in [1.54, 1.807) is 17.0 Å². The zero-order chi connectivity index (χ0) is 22.5. The van der Waals surface area contributed by atoms with Gasteiger partial charge in [-0.15, -0.1) is 0 Å². The third-order valence-corrected chi connectivity index (χ3v) is 6.07. The summed E-state index contributed by atoms with van der Waals surface area (Å²) < 4.78 is 10.5. The fraction of sp³-hybridized carbons (Fsp3) is 0.458. The van der Waals surface area contributed by atoms with Gasteiger partial charge in [-0.25, -0.2) is 4.79 Å². The molecule has 1 aromatic carbocycles. The van der Waals surface area contributed by atoms with Gasteiger partial charge in [0.2, 0.25) is 0 Å². The van der Waals surface area contributed by atoms with Crippen molar-refractivity contribution in [3.63, 3.8) is 0 Å². The van der Waals surface area contributed by atoms with Crippen LogP contribution in [0.2, 0.25) is 0 Å². The van der Waals surface area contributed by atoms with Crippen LogP contribution in [0, 0.1) is 6.92 Å². The molecule has 0 unspecified atom stereocenters. The van der Waals surface area contributed by atoms with Crippen LogP contribution in [0.25, 0.3) is 0 Å². The fourth-order valence-corrected chi connectivity index (χ4v) is 4.34. The van der Waals surface area contributed by atoms with Crippen molar-refractivity contribution in [2.24, 2.45) is 0 Å². The first-order valence-corrected chi connectivity index (χ1v) is 11.1. The molecule has 2 fully saturated rings. The van der Waals surface area contributed by atoms with E-state index in [1.807, 2.05) is 0 Å². The number of carbonyl (C=O) groups excluding carboxylic acids is 3. The van der Waals surface area contributed by atoms with E-state index in [9.17, 15) is 14.4 Å². The number of benzene rings is 1. The summed E-state index contributed by atoms with van der Waals surface area (Å²) in [6.45, 7) is 5.89. The summed E-state index contributed by atoms with van der Waals surface area (Å²) in [6, 6.07) is 11.0. The van der Waals surface area contributed by atoms with Crippen molar-refractivity contribution in [2.75, 3.05) is 39.3 Å². The Labute approximate surface area is 187 Å². The van der Waals surface area contributed by atoms with Crippen LogP contribution in [-0.2, 0) is 20.9 Å². The second-order valence-corrected chi connectivity index (χ2v) is 8.39. The lowest BCUT2D eigenvalue weighted by Crippen LogP contribution is -2.49. The number of hydrogen-bond donors (Lipinski definition) is 0. The van der Waals surface area contributed by atoms with Crippen LogP contribution in [0.4, 0.5) is 0 Å². The van der Waals surface area contributed by atoms with Crippen molar-refractivity contribution in [1.29, 1.82) is 0 Å². The molecular formula is C24H29N3O5. The zero-order valence-electron chi connectivity index (χ0n) is 18.4. The van der Waals surface area contributed by atoms with Crippen molar-refractivity contribution < 1.29 is 23.5 Å². The molecule has 2 saturated heterocycles. The molecule has 8 nitrogen and oxygen atoms in total. The number of rotatable bonds is 6. The van der Waals surface area contributed by atoms with E-state index in [-0.39, 0.29) is 24.2 Å². The zero-order valence-corrected chi connectivity index (χ0v) is 18.4. The van der Waals surface area contributed by atoms with E-state index in [0.717, 1.165) is 19.6 Å². The number of nitrogens with zero attached hydrogens (tertiary/aromatic N) is 3. The molecule has 0 bridgehead atoms. The number of carbonyl (C=O) groups is 3. The van der Waals surface area contributed by atoms with Gasteiger partial charge in [-0.3, -0.25) is 14.5 Å². The van der Waals surface area contributed by atoms with E-state index >= 15 is 0 Å². The van der Waals surface area contributed by atoms with Gasteiger partial charge in [0, 0.05) is 39.3 Å². The topological polar surface area (TPSA) is 83.3 Å². The first kappa shape index (κ1) is 22.1. The summed E-state index contributed by atoms with van der Waals surface area (Å²) in [5.41, 5.74) is 2.51. The summed E-state index contributed by atoms with van der Waals surface area (Å²) in [7, 11) is 0. The smallest absolute Gasteiger partial charge is 0.329 e. The summed E-state index contributed by atoms with van der Waals surface area (Å²) in [5, 5.41) is 0. The molecule has 0 spiro atoms. The minimum absolute atomic E-state index is 0.198. The Kier molecular flexibility index (Phi) is 6.90. The van der Waals surface area contributed by atoms with Gasteiger partial charge in [0.25, 0.3) is 11.8 Å². The molecule has 170 valence electrons. The quantitative estimate of drug-likeness (QED) is 0.641. The number of furan rings is 1. The first-order chi connectivity index (χ1) is 15.5. The van der Waals surface area contributed by atoms with Crippen LogP contribution in [0.3, 0.4) is 0 Å². The summed E-state index contributed by atoms with van der Waals surface area (Å²) in [5.74, 6) is -0.862. The number of likely N-dealkylation sites (tertiary alicyclic amines) is 1. The Morgan fingerprint density at radius 3 is 2.59 bits per heavy atom. The Morgan fingerprint density at radius 1 is 1.06 bits per heavy atom. The molecule has 0 radical (unpaired) electrons. The summed E-state index contributed by atoms with van der Waals surface area (Å²) >= 11 is 0. The van der Waals surface area contributed by atoms with Crippen LogP contribution in [0.1, 0.15) is 34.5 Å². The molecule has 2 aromatic rings. The van der Waals surface area contributed by atoms with E-state index in [2.05, 4.69) is 36.1 Å². The van der Waals surface area contributed by atoms with Gasteiger partial charge in [0.05, 0.1) is 6.26 Å². The molecule has 2 amide bonds. The Morgan fingerprint density at radius 2 is 1.88 bits per heavy atom. The lowest BCUT2D eigenvalue weighted by Gasteiger charge is -2.34. The average molecular weight is 440 g/mol. The molecule has 2 aliphatic rings. The van der Waals surface area contributed by atoms with Crippen LogP contribution in [-0.4, -0.2) is 77.9 Å². The molecule has 8 heteroatoms. The number of ether oxygens (including phenoxy) is 1. The lowest BCUT2D eigenvalue weighted by molar-refractivity contribution is -0.155. The highest BCUT2D eigenvalue weighted by Crippen LogP contribution is 2.21. The van der Waals surface area contributed by atoms with Crippen molar-refractivity contribution in [3.8, 4) is 0 Å². The SMILES string of the molecule is Cc1cccc(CN2CCN(C(=O)COC(=O)[C@@H]3CCCN3C(=O)c3ccco3)CC2)c1. The van der Waals surface area contributed by atoms with E-state index in [4.69, 9.17) is 9.15 Å². The third-order valence-electron chi connectivity index (χ3n) is 6.07. The summed E-state index contributed by atoms with van der Waals surface area (Å²) in [6.07, 6.45) is 2.66. The van der Waals surface area contributed by atoms with Gasteiger partial charge in [-0.2, -0.15) is 0 Å². The van der Waals surface area contributed by atoms with Crippen LogP contribution >= 0.6 is 0 Å². The molecule has 0 saturated carbocycles. The Balaban J connectivity index is 1.22.